The summed E-state index contributed by atoms with van der Waals surface area (Å²) < 4.78 is 10.7. The van der Waals surface area contributed by atoms with Gasteiger partial charge in [0.1, 0.15) is 5.75 Å². The normalized spacial score (nSPS) is 11.5. The van der Waals surface area contributed by atoms with Crippen molar-refractivity contribution in [3.05, 3.63) is 59.2 Å². The number of ether oxygens (including phenoxy) is 2. The van der Waals surface area contributed by atoms with Gasteiger partial charge in [-0.1, -0.05) is 18.2 Å². The zero-order valence-electron chi connectivity index (χ0n) is 15.0. The minimum absolute atomic E-state index is 0.271. The molecular weight excluding hydrogens is 318 g/mol. The van der Waals surface area contributed by atoms with Gasteiger partial charge >= 0.3 is 5.97 Å². The summed E-state index contributed by atoms with van der Waals surface area (Å²) in [6.07, 6.45) is -0.712. The second-order valence-corrected chi connectivity index (χ2v) is 5.84. The van der Waals surface area contributed by atoms with Crippen LogP contribution in [-0.4, -0.2) is 24.6 Å². The molecule has 5 heteroatoms. The molecule has 0 aromatic heterocycles. The van der Waals surface area contributed by atoms with Crippen LogP contribution in [0.2, 0.25) is 0 Å². The molecule has 2 aromatic carbocycles. The van der Waals surface area contributed by atoms with Crippen LogP contribution in [0.25, 0.3) is 0 Å². The topological polar surface area (TPSA) is 64.6 Å². The maximum atomic E-state index is 12.4. The van der Waals surface area contributed by atoms with Crippen LogP contribution in [0.4, 0.5) is 5.69 Å². The van der Waals surface area contributed by atoms with E-state index in [2.05, 4.69) is 5.32 Å². The molecular formula is C20H23NO4. The summed E-state index contributed by atoms with van der Waals surface area (Å²) in [5.74, 6) is -0.170. The summed E-state index contributed by atoms with van der Waals surface area (Å²) in [5, 5.41) is 2.73. The van der Waals surface area contributed by atoms with E-state index in [1.165, 1.54) is 0 Å². The molecule has 1 N–H and O–H groups in total. The Bertz CT molecular complexity index is 750. The van der Waals surface area contributed by atoms with Gasteiger partial charge in [-0.15, -0.1) is 0 Å². The van der Waals surface area contributed by atoms with E-state index >= 15 is 0 Å². The molecule has 2 rings (SSSR count). The second-order valence-electron chi connectivity index (χ2n) is 5.84. The molecule has 0 spiro atoms. The molecule has 0 aliphatic carbocycles. The van der Waals surface area contributed by atoms with Gasteiger partial charge in [0.15, 0.2) is 6.10 Å². The Hall–Kier alpha value is -2.82. The molecule has 5 nitrogen and oxygen atoms in total. The number of aryl methyl sites for hydroxylation is 2. The fraction of sp³-hybridized carbons (Fsp3) is 0.300. The highest BCUT2D eigenvalue weighted by Crippen LogP contribution is 2.20. The van der Waals surface area contributed by atoms with Crippen molar-refractivity contribution < 1.29 is 19.1 Å². The Morgan fingerprint density at radius 3 is 2.36 bits per heavy atom. The van der Waals surface area contributed by atoms with Crippen LogP contribution in [0, 0.1) is 13.8 Å². The van der Waals surface area contributed by atoms with E-state index in [-0.39, 0.29) is 12.5 Å². The number of carbonyl (C=O) groups is 2. The van der Waals surface area contributed by atoms with Crippen molar-refractivity contribution in [3.8, 4) is 5.75 Å². The minimum Gasteiger partial charge on any atom is -0.481 e. The summed E-state index contributed by atoms with van der Waals surface area (Å²) in [6, 6.07) is 12.5. The number of amides is 1. The average molecular weight is 341 g/mol. The molecule has 1 atom stereocenters. The number of rotatable bonds is 6. The lowest BCUT2D eigenvalue weighted by Crippen LogP contribution is -2.30. The molecule has 0 aliphatic heterocycles. The van der Waals surface area contributed by atoms with Crippen LogP contribution in [-0.2, 0) is 9.53 Å². The summed E-state index contributed by atoms with van der Waals surface area (Å²) >= 11 is 0. The number of hydrogen-bond acceptors (Lipinski definition) is 4. The van der Waals surface area contributed by atoms with Gasteiger partial charge in [0.2, 0.25) is 0 Å². The molecule has 0 saturated carbocycles. The minimum atomic E-state index is -0.712. The van der Waals surface area contributed by atoms with Crippen LogP contribution < -0.4 is 10.1 Å². The summed E-state index contributed by atoms with van der Waals surface area (Å²) in [5.41, 5.74) is 2.85. The standard InChI is InChI=1S/C20H23NO4/c1-5-24-20(23)17-8-6-7-9-18(17)21-19(22)15(4)25-16-11-13(2)10-14(3)12-16/h6-12,15H,5H2,1-4H3,(H,21,22). The van der Waals surface area contributed by atoms with E-state index in [0.29, 0.717) is 17.0 Å². The Morgan fingerprint density at radius 2 is 1.72 bits per heavy atom. The first kappa shape index (κ1) is 18.5. The molecule has 0 aliphatic rings. The molecule has 25 heavy (non-hydrogen) atoms. The maximum absolute atomic E-state index is 12.4. The number of para-hydroxylation sites is 1. The van der Waals surface area contributed by atoms with Gasteiger partial charge in [0.05, 0.1) is 17.9 Å². The number of anilines is 1. The number of carbonyl (C=O) groups excluding carboxylic acids is 2. The lowest BCUT2D eigenvalue weighted by Gasteiger charge is -2.17. The van der Waals surface area contributed by atoms with Crippen molar-refractivity contribution in [2.24, 2.45) is 0 Å². The van der Waals surface area contributed by atoms with Crippen LogP contribution >= 0.6 is 0 Å². The van der Waals surface area contributed by atoms with E-state index in [4.69, 9.17) is 9.47 Å². The lowest BCUT2D eigenvalue weighted by atomic mass is 10.1. The van der Waals surface area contributed by atoms with E-state index < -0.39 is 12.1 Å². The second kappa shape index (κ2) is 8.33. The highest BCUT2D eigenvalue weighted by Gasteiger charge is 2.19. The third-order valence-electron chi connectivity index (χ3n) is 3.56. The SMILES string of the molecule is CCOC(=O)c1ccccc1NC(=O)C(C)Oc1cc(C)cc(C)c1. The highest BCUT2D eigenvalue weighted by molar-refractivity contribution is 6.02. The first-order valence-corrected chi connectivity index (χ1v) is 8.22. The number of esters is 1. The van der Waals surface area contributed by atoms with Crippen LogP contribution in [0.15, 0.2) is 42.5 Å². The Kier molecular flexibility index (Phi) is 6.17. The maximum Gasteiger partial charge on any atom is 0.340 e. The largest absolute Gasteiger partial charge is 0.481 e. The molecule has 0 saturated heterocycles. The van der Waals surface area contributed by atoms with Crippen molar-refractivity contribution in [2.45, 2.75) is 33.8 Å². The zero-order valence-corrected chi connectivity index (χ0v) is 15.0. The first-order chi connectivity index (χ1) is 11.9. The predicted octanol–water partition coefficient (Wildman–Crippen LogP) is 3.89. The number of nitrogens with one attached hydrogen (secondary N) is 1. The highest BCUT2D eigenvalue weighted by atomic mass is 16.5. The Labute approximate surface area is 148 Å². The third-order valence-corrected chi connectivity index (χ3v) is 3.56. The molecule has 2 aromatic rings. The predicted molar refractivity (Wildman–Crippen MR) is 97.0 cm³/mol. The van der Waals surface area contributed by atoms with Crippen molar-refractivity contribution in [1.29, 1.82) is 0 Å². The summed E-state index contributed by atoms with van der Waals surface area (Å²) in [6.45, 7) is 7.62. The van der Waals surface area contributed by atoms with Crippen molar-refractivity contribution in [1.82, 2.24) is 0 Å². The molecule has 132 valence electrons. The van der Waals surface area contributed by atoms with E-state index in [1.54, 1.807) is 38.1 Å². The molecule has 1 unspecified atom stereocenters. The number of hydrogen-bond donors (Lipinski definition) is 1. The van der Waals surface area contributed by atoms with E-state index in [9.17, 15) is 9.59 Å². The molecule has 1 amide bonds. The lowest BCUT2D eigenvalue weighted by molar-refractivity contribution is -0.122. The van der Waals surface area contributed by atoms with Crippen LogP contribution in [0.5, 0.6) is 5.75 Å². The fourth-order valence-corrected chi connectivity index (χ4v) is 2.47. The zero-order chi connectivity index (χ0) is 18.4. The van der Waals surface area contributed by atoms with Gasteiger partial charge in [-0.05, 0) is 63.1 Å². The quantitative estimate of drug-likeness (QED) is 0.810. The van der Waals surface area contributed by atoms with E-state index in [1.807, 2.05) is 32.0 Å². The monoisotopic (exact) mass is 341 g/mol. The number of benzene rings is 2. The fourth-order valence-electron chi connectivity index (χ4n) is 2.47. The van der Waals surface area contributed by atoms with Crippen molar-refractivity contribution in [2.75, 3.05) is 11.9 Å². The molecule has 0 fully saturated rings. The summed E-state index contributed by atoms with van der Waals surface area (Å²) in [4.78, 5) is 24.4. The van der Waals surface area contributed by atoms with Crippen molar-refractivity contribution >= 4 is 17.6 Å². The van der Waals surface area contributed by atoms with Gasteiger partial charge in [-0.25, -0.2) is 4.79 Å². The summed E-state index contributed by atoms with van der Waals surface area (Å²) in [7, 11) is 0. The first-order valence-electron chi connectivity index (χ1n) is 8.22. The Morgan fingerprint density at radius 1 is 1.08 bits per heavy atom. The van der Waals surface area contributed by atoms with Crippen LogP contribution in [0.3, 0.4) is 0 Å². The third kappa shape index (κ3) is 5.08. The van der Waals surface area contributed by atoms with Gasteiger partial charge in [0, 0.05) is 0 Å². The van der Waals surface area contributed by atoms with Gasteiger partial charge in [-0.3, -0.25) is 4.79 Å². The Balaban J connectivity index is 2.10. The smallest absolute Gasteiger partial charge is 0.340 e. The van der Waals surface area contributed by atoms with Gasteiger partial charge in [0.25, 0.3) is 5.91 Å². The van der Waals surface area contributed by atoms with Crippen LogP contribution in [0.1, 0.15) is 35.3 Å². The van der Waals surface area contributed by atoms with Gasteiger partial charge in [-0.2, -0.15) is 0 Å². The molecule has 0 heterocycles. The molecule has 0 bridgehead atoms. The van der Waals surface area contributed by atoms with Crippen molar-refractivity contribution in [3.63, 3.8) is 0 Å². The van der Waals surface area contributed by atoms with Gasteiger partial charge < -0.3 is 14.8 Å². The molecule has 0 radical (unpaired) electrons. The van der Waals surface area contributed by atoms with E-state index in [0.717, 1.165) is 11.1 Å². The average Bonchev–Trinajstić information content (AvgIpc) is 2.54.